The first-order chi connectivity index (χ1) is 12.1. The van der Waals surface area contributed by atoms with Crippen LogP contribution in [-0.2, 0) is 12.4 Å². The highest BCUT2D eigenvalue weighted by Gasteiger charge is 2.16. The third-order valence-electron chi connectivity index (χ3n) is 4.29. The van der Waals surface area contributed by atoms with Crippen LogP contribution in [0.25, 0.3) is 22.2 Å². The van der Waals surface area contributed by atoms with Gasteiger partial charge in [0.2, 0.25) is 5.82 Å². The number of aromatic nitrogens is 2. The fraction of sp³-hybridized carbons (Fsp3) is 0.368. The van der Waals surface area contributed by atoms with Gasteiger partial charge in [-0.2, -0.15) is 4.98 Å². The van der Waals surface area contributed by atoms with Crippen molar-refractivity contribution in [3.63, 3.8) is 0 Å². The zero-order valence-corrected chi connectivity index (χ0v) is 16.3. The molecule has 0 saturated heterocycles. The molecule has 2 aromatic heterocycles. The van der Waals surface area contributed by atoms with Crippen molar-refractivity contribution in [2.24, 2.45) is 0 Å². The van der Waals surface area contributed by atoms with Gasteiger partial charge in [0.15, 0.2) is 0 Å². The average Bonchev–Trinajstić information content (AvgIpc) is 3.27. The number of hydrogen-bond donors (Lipinski definition) is 0. The molecule has 0 amide bonds. The van der Waals surface area contributed by atoms with Crippen LogP contribution in [0.1, 0.15) is 29.9 Å². The summed E-state index contributed by atoms with van der Waals surface area (Å²) in [5, 5.41) is 4.13. The first-order valence-corrected chi connectivity index (χ1v) is 9.80. The van der Waals surface area contributed by atoms with Gasteiger partial charge in [0.05, 0.1) is 4.88 Å². The van der Waals surface area contributed by atoms with E-state index < -0.39 is 0 Å². The van der Waals surface area contributed by atoms with Crippen LogP contribution in [0.2, 0.25) is 0 Å². The number of benzene rings is 1. The lowest BCUT2D eigenvalue weighted by molar-refractivity contribution is 0.298. The van der Waals surface area contributed by atoms with Crippen molar-refractivity contribution >= 4 is 22.9 Å². The minimum absolute atomic E-state index is 0.502. The van der Waals surface area contributed by atoms with Crippen LogP contribution in [0, 0.1) is 6.92 Å². The SMILES string of the molecule is CCN(CC)Cc1sc(-c2nc(-c3ccc(CCl)cc3)no2)cc1C. The average molecular weight is 376 g/mol. The van der Waals surface area contributed by atoms with Crippen molar-refractivity contribution < 1.29 is 4.52 Å². The minimum Gasteiger partial charge on any atom is -0.333 e. The second kappa shape index (κ2) is 8.13. The molecule has 0 aliphatic heterocycles. The Hall–Kier alpha value is -1.69. The Balaban J connectivity index is 1.82. The third kappa shape index (κ3) is 4.11. The fourth-order valence-electron chi connectivity index (χ4n) is 2.62. The van der Waals surface area contributed by atoms with Gasteiger partial charge in [-0.1, -0.05) is 43.3 Å². The zero-order valence-electron chi connectivity index (χ0n) is 14.8. The maximum absolute atomic E-state index is 5.83. The molecular formula is C19H22ClN3OS. The van der Waals surface area contributed by atoms with Crippen molar-refractivity contribution in [1.29, 1.82) is 0 Å². The second-order valence-corrected chi connectivity index (χ2v) is 7.34. The van der Waals surface area contributed by atoms with Crippen LogP contribution < -0.4 is 0 Å². The Kier molecular flexibility index (Phi) is 5.89. The lowest BCUT2D eigenvalue weighted by Crippen LogP contribution is -2.21. The Bertz CT molecular complexity index is 822. The normalized spacial score (nSPS) is 11.4. The standard InChI is InChI=1S/C19H22ClN3OS/c1-4-23(5-2)12-17-13(3)10-16(25-17)19-21-18(22-24-19)15-8-6-14(11-20)7-9-15/h6-10H,4-5,11-12H2,1-3H3. The summed E-state index contributed by atoms with van der Waals surface area (Å²) < 4.78 is 5.50. The predicted molar refractivity (Wildman–Crippen MR) is 104 cm³/mol. The number of hydrogen-bond acceptors (Lipinski definition) is 5. The lowest BCUT2D eigenvalue weighted by Gasteiger charge is -2.17. The van der Waals surface area contributed by atoms with Gasteiger partial charge in [0.1, 0.15) is 0 Å². The first-order valence-electron chi connectivity index (χ1n) is 8.45. The van der Waals surface area contributed by atoms with E-state index >= 15 is 0 Å². The van der Waals surface area contributed by atoms with E-state index in [2.05, 4.69) is 41.9 Å². The van der Waals surface area contributed by atoms with Gasteiger partial charge in [-0.3, -0.25) is 4.90 Å². The number of alkyl halides is 1. The van der Waals surface area contributed by atoms with Gasteiger partial charge in [0, 0.05) is 22.9 Å². The highest BCUT2D eigenvalue weighted by Crippen LogP contribution is 2.32. The monoisotopic (exact) mass is 375 g/mol. The van der Waals surface area contributed by atoms with Crippen molar-refractivity contribution in [1.82, 2.24) is 15.0 Å². The molecule has 0 radical (unpaired) electrons. The molecule has 0 bridgehead atoms. The summed E-state index contributed by atoms with van der Waals surface area (Å²) in [5.41, 5.74) is 3.28. The molecule has 0 unspecified atom stereocenters. The van der Waals surface area contributed by atoms with E-state index in [9.17, 15) is 0 Å². The molecular weight excluding hydrogens is 354 g/mol. The lowest BCUT2D eigenvalue weighted by atomic mass is 10.1. The van der Waals surface area contributed by atoms with Crippen LogP contribution in [0.4, 0.5) is 0 Å². The summed E-state index contributed by atoms with van der Waals surface area (Å²) in [6.45, 7) is 9.57. The van der Waals surface area contributed by atoms with E-state index in [1.807, 2.05) is 24.3 Å². The topological polar surface area (TPSA) is 42.2 Å². The molecule has 1 aromatic carbocycles. The van der Waals surface area contributed by atoms with Crippen molar-refractivity contribution in [2.45, 2.75) is 33.2 Å². The molecule has 25 heavy (non-hydrogen) atoms. The molecule has 0 fully saturated rings. The second-order valence-electron chi connectivity index (χ2n) is 5.93. The minimum atomic E-state index is 0.502. The summed E-state index contributed by atoms with van der Waals surface area (Å²) >= 11 is 7.56. The zero-order chi connectivity index (χ0) is 17.8. The molecule has 0 aliphatic carbocycles. The van der Waals surface area contributed by atoms with Gasteiger partial charge < -0.3 is 4.52 Å². The first kappa shape index (κ1) is 18.1. The van der Waals surface area contributed by atoms with Crippen LogP contribution >= 0.6 is 22.9 Å². The van der Waals surface area contributed by atoms with E-state index in [1.54, 1.807) is 11.3 Å². The van der Waals surface area contributed by atoms with Gasteiger partial charge in [-0.15, -0.1) is 22.9 Å². The molecule has 3 rings (SSSR count). The highest BCUT2D eigenvalue weighted by molar-refractivity contribution is 7.15. The molecule has 132 valence electrons. The molecule has 0 saturated carbocycles. The summed E-state index contributed by atoms with van der Waals surface area (Å²) in [6, 6.07) is 10.0. The number of halogens is 1. The van der Waals surface area contributed by atoms with E-state index in [0.717, 1.165) is 35.6 Å². The van der Waals surface area contributed by atoms with Crippen molar-refractivity contribution in [3.8, 4) is 22.2 Å². The summed E-state index contributed by atoms with van der Waals surface area (Å²) in [7, 11) is 0. The summed E-state index contributed by atoms with van der Waals surface area (Å²) in [6.07, 6.45) is 0. The summed E-state index contributed by atoms with van der Waals surface area (Å²) in [5.74, 6) is 1.68. The largest absolute Gasteiger partial charge is 0.333 e. The Morgan fingerprint density at radius 2 is 1.88 bits per heavy atom. The van der Waals surface area contributed by atoms with Crippen LogP contribution in [0.3, 0.4) is 0 Å². The van der Waals surface area contributed by atoms with Gasteiger partial charge in [-0.05, 0) is 37.2 Å². The molecule has 0 atom stereocenters. The maximum Gasteiger partial charge on any atom is 0.268 e. The van der Waals surface area contributed by atoms with E-state index in [-0.39, 0.29) is 0 Å². The number of rotatable bonds is 7. The number of aryl methyl sites for hydroxylation is 1. The van der Waals surface area contributed by atoms with E-state index in [4.69, 9.17) is 16.1 Å². The van der Waals surface area contributed by atoms with Crippen LogP contribution in [0.15, 0.2) is 34.9 Å². The maximum atomic E-state index is 5.83. The molecule has 6 heteroatoms. The van der Waals surface area contributed by atoms with E-state index in [0.29, 0.717) is 17.6 Å². The molecule has 0 N–H and O–H groups in total. The van der Waals surface area contributed by atoms with Gasteiger partial charge in [-0.25, -0.2) is 0 Å². The molecule has 4 nitrogen and oxygen atoms in total. The Labute approximate surface area is 157 Å². The van der Waals surface area contributed by atoms with E-state index in [1.165, 1.54) is 10.4 Å². The molecule has 2 heterocycles. The summed E-state index contributed by atoms with van der Waals surface area (Å²) in [4.78, 5) is 9.34. The number of thiophene rings is 1. The predicted octanol–water partition coefficient (Wildman–Crippen LogP) is 5.35. The van der Waals surface area contributed by atoms with Crippen molar-refractivity contribution in [3.05, 3.63) is 46.3 Å². The molecule has 3 aromatic rings. The van der Waals surface area contributed by atoms with Crippen LogP contribution in [-0.4, -0.2) is 28.1 Å². The Morgan fingerprint density at radius 1 is 1.16 bits per heavy atom. The van der Waals surface area contributed by atoms with Gasteiger partial charge >= 0.3 is 0 Å². The van der Waals surface area contributed by atoms with Gasteiger partial charge in [0.25, 0.3) is 5.89 Å². The third-order valence-corrected chi connectivity index (χ3v) is 5.80. The number of nitrogens with zero attached hydrogens (tertiary/aromatic N) is 3. The highest BCUT2D eigenvalue weighted by atomic mass is 35.5. The fourth-order valence-corrected chi connectivity index (χ4v) is 3.93. The smallest absolute Gasteiger partial charge is 0.268 e. The molecule has 0 spiro atoms. The van der Waals surface area contributed by atoms with Crippen LogP contribution in [0.5, 0.6) is 0 Å². The Morgan fingerprint density at radius 3 is 2.52 bits per heavy atom. The quantitative estimate of drug-likeness (QED) is 0.522. The molecule has 0 aliphatic rings. The van der Waals surface area contributed by atoms with Crippen molar-refractivity contribution in [2.75, 3.05) is 13.1 Å².